The maximum absolute atomic E-state index is 12.4. The molecule has 7 nitrogen and oxygen atoms in total. The van der Waals surface area contributed by atoms with Gasteiger partial charge in [0.1, 0.15) is 17.4 Å². The summed E-state index contributed by atoms with van der Waals surface area (Å²) in [4.78, 5) is 19.3. The van der Waals surface area contributed by atoms with E-state index in [1.807, 2.05) is 42.5 Å². The van der Waals surface area contributed by atoms with Crippen LogP contribution in [0.25, 0.3) is 11.3 Å². The molecule has 0 amide bonds. The molecule has 0 fully saturated rings. The lowest BCUT2D eigenvalue weighted by Gasteiger charge is -2.10. The molecule has 0 bridgehead atoms. The van der Waals surface area contributed by atoms with Gasteiger partial charge in [0, 0.05) is 15.6 Å². The van der Waals surface area contributed by atoms with Crippen molar-refractivity contribution >= 4 is 28.1 Å². The van der Waals surface area contributed by atoms with Crippen LogP contribution in [0, 0.1) is 11.3 Å². The molecule has 0 aliphatic carbocycles. The second kappa shape index (κ2) is 11.8. The molecule has 0 atom stereocenters. The second-order valence-corrected chi connectivity index (χ2v) is 7.99. The first-order valence-electron chi connectivity index (χ1n) is 10.4. The van der Waals surface area contributed by atoms with Crippen LogP contribution in [0.3, 0.4) is 0 Å². The fourth-order valence-electron chi connectivity index (χ4n) is 3.06. The van der Waals surface area contributed by atoms with Crippen molar-refractivity contribution in [3.8, 4) is 23.1 Å². The molecule has 1 heterocycles. The van der Waals surface area contributed by atoms with E-state index < -0.39 is 5.56 Å². The van der Waals surface area contributed by atoms with Crippen molar-refractivity contribution in [1.29, 1.82) is 5.26 Å². The number of H-pyrrole nitrogens is 1. The summed E-state index contributed by atoms with van der Waals surface area (Å²) in [5.41, 5.74) is 3.93. The van der Waals surface area contributed by atoms with Crippen molar-refractivity contribution in [1.82, 2.24) is 9.97 Å². The Morgan fingerprint density at radius 3 is 2.78 bits per heavy atom. The van der Waals surface area contributed by atoms with Gasteiger partial charge in [-0.2, -0.15) is 10.4 Å². The Kier molecular flexibility index (Phi) is 8.58. The quantitative estimate of drug-likeness (QED) is 0.221. The van der Waals surface area contributed by atoms with E-state index >= 15 is 0 Å². The number of nitrogens with zero attached hydrogens (tertiary/aromatic N) is 3. The molecular weight excluding hydrogens is 470 g/mol. The first-order valence-corrected chi connectivity index (χ1v) is 11.2. The minimum absolute atomic E-state index is 0.0449. The molecule has 1 aromatic heterocycles. The summed E-state index contributed by atoms with van der Waals surface area (Å²) in [6.45, 7) is 2.82. The van der Waals surface area contributed by atoms with Crippen LogP contribution in [0.2, 0.25) is 0 Å². The van der Waals surface area contributed by atoms with Crippen molar-refractivity contribution in [2.75, 3.05) is 12.0 Å². The molecule has 0 saturated carbocycles. The van der Waals surface area contributed by atoms with Gasteiger partial charge in [-0.25, -0.2) is 10.4 Å². The Morgan fingerprint density at radius 2 is 2.03 bits per heavy atom. The van der Waals surface area contributed by atoms with Crippen molar-refractivity contribution < 1.29 is 4.74 Å². The lowest BCUT2D eigenvalue weighted by atomic mass is 10.1. The molecule has 0 aliphatic rings. The van der Waals surface area contributed by atoms with Crippen LogP contribution in [0.5, 0.6) is 5.75 Å². The zero-order valence-electron chi connectivity index (χ0n) is 17.8. The van der Waals surface area contributed by atoms with Crippen LogP contribution < -0.4 is 15.7 Å². The molecule has 3 rings (SSSR count). The molecular formula is C24H24BrN5O2. The fraction of sp³-hybridized carbons (Fsp3) is 0.250. The first kappa shape index (κ1) is 23.2. The lowest BCUT2D eigenvalue weighted by Crippen LogP contribution is -2.16. The standard InChI is InChI=1S/C24H24BrN5O2/c1-2-3-4-8-13-32-21-12-11-19(25)14-18(21)16-27-30-24-28-22(17-9-6-5-7-10-17)20(15-26)23(31)29-24/h5-7,9-12,14,16H,2-4,8,13H2,1H3,(H2,28,29,30,31). The van der Waals surface area contributed by atoms with Crippen LogP contribution in [0.4, 0.5) is 5.95 Å². The van der Waals surface area contributed by atoms with E-state index in [1.54, 1.807) is 18.3 Å². The topological polar surface area (TPSA) is 103 Å². The highest BCUT2D eigenvalue weighted by Crippen LogP contribution is 2.23. The van der Waals surface area contributed by atoms with Gasteiger partial charge < -0.3 is 4.74 Å². The molecule has 8 heteroatoms. The molecule has 2 aromatic carbocycles. The minimum Gasteiger partial charge on any atom is -0.493 e. The van der Waals surface area contributed by atoms with Gasteiger partial charge in [-0.05, 0) is 24.6 Å². The summed E-state index contributed by atoms with van der Waals surface area (Å²) in [5, 5.41) is 13.6. The Morgan fingerprint density at radius 1 is 1.22 bits per heavy atom. The number of unbranched alkanes of at least 4 members (excludes halogenated alkanes) is 3. The van der Waals surface area contributed by atoms with E-state index in [-0.39, 0.29) is 11.5 Å². The highest BCUT2D eigenvalue weighted by molar-refractivity contribution is 9.10. The van der Waals surface area contributed by atoms with Crippen LogP contribution in [-0.2, 0) is 0 Å². The summed E-state index contributed by atoms with van der Waals surface area (Å²) in [6.07, 6.45) is 6.12. The van der Waals surface area contributed by atoms with Crippen LogP contribution in [0.1, 0.15) is 43.7 Å². The van der Waals surface area contributed by atoms with Gasteiger partial charge in [0.15, 0.2) is 0 Å². The zero-order chi connectivity index (χ0) is 22.8. The summed E-state index contributed by atoms with van der Waals surface area (Å²) in [5.74, 6) is 0.864. The predicted molar refractivity (Wildman–Crippen MR) is 130 cm³/mol. The second-order valence-electron chi connectivity index (χ2n) is 7.08. The van der Waals surface area contributed by atoms with Gasteiger partial charge in [0.05, 0.1) is 18.5 Å². The maximum Gasteiger partial charge on any atom is 0.270 e. The summed E-state index contributed by atoms with van der Waals surface area (Å²) < 4.78 is 6.82. The molecule has 0 spiro atoms. The van der Waals surface area contributed by atoms with Gasteiger partial charge in [-0.15, -0.1) is 0 Å². The van der Waals surface area contributed by atoms with Crippen LogP contribution in [-0.4, -0.2) is 22.8 Å². The smallest absolute Gasteiger partial charge is 0.270 e. The van der Waals surface area contributed by atoms with Gasteiger partial charge >= 0.3 is 0 Å². The Labute approximate surface area is 195 Å². The third kappa shape index (κ3) is 6.28. The molecule has 2 N–H and O–H groups in total. The number of hydrogen-bond acceptors (Lipinski definition) is 6. The Hall–Kier alpha value is -3.44. The molecule has 0 saturated heterocycles. The number of nitriles is 1. The molecule has 0 aliphatic heterocycles. The average Bonchev–Trinajstić information content (AvgIpc) is 2.80. The number of aromatic amines is 1. The van der Waals surface area contributed by atoms with E-state index in [4.69, 9.17) is 4.74 Å². The number of aromatic nitrogens is 2. The van der Waals surface area contributed by atoms with E-state index in [2.05, 4.69) is 43.3 Å². The largest absolute Gasteiger partial charge is 0.493 e. The van der Waals surface area contributed by atoms with Gasteiger partial charge in [0.2, 0.25) is 5.95 Å². The average molecular weight is 494 g/mol. The van der Waals surface area contributed by atoms with Gasteiger partial charge in [0.25, 0.3) is 5.56 Å². The van der Waals surface area contributed by atoms with Crippen molar-refractivity contribution in [3.63, 3.8) is 0 Å². The van der Waals surface area contributed by atoms with Crippen LogP contribution >= 0.6 is 15.9 Å². The summed E-state index contributed by atoms with van der Waals surface area (Å²) in [7, 11) is 0. The predicted octanol–water partition coefficient (Wildman–Crippen LogP) is 5.48. The minimum atomic E-state index is -0.530. The normalized spacial score (nSPS) is 10.8. The third-order valence-electron chi connectivity index (χ3n) is 4.68. The Balaban J connectivity index is 1.78. The number of nitrogens with one attached hydrogen (secondary N) is 2. The highest BCUT2D eigenvalue weighted by Gasteiger charge is 2.13. The monoisotopic (exact) mass is 493 g/mol. The number of rotatable bonds is 10. The van der Waals surface area contributed by atoms with Crippen molar-refractivity contribution in [2.45, 2.75) is 32.6 Å². The van der Waals surface area contributed by atoms with E-state index in [0.717, 1.165) is 28.6 Å². The highest BCUT2D eigenvalue weighted by atomic mass is 79.9. The number of hydrogen-bond donors (Lipinski definition) is 2. The number of anilines is 1. The maximum atomic E-state index is 12.4. The van der Waals surface area contributed by atoms with Crippen molar-refractivity contribution in [2.24, 2.45) is 5.10 Å². The van der Waals surface area contributed by atoms with E-state index in [1.165, 1.54) is 12.8 Å². The molecule has 3 aromatic rings. The molecule has 164 valence electrons. The fourth-order valence-corrected chi connectivity index (χ4v) is 3.44. The van der Waals surface area contributed by atoms with Crippen LogP contribution in [0.15, 0.2) is 62.9 Å². The SMILES string of the molecule is CCCCCCOc1ccc(Br)cc1C=NNc1nc(-c2ccccc2)c(C#N)c(=O)[nH]1. The first-order chi connectivity index (χ1) is 15.6. The van der Waals surface area contributed by atoms with E-state index in [0.29, 0.717) is 17.9 Å². The van der Waals surface area contributed by atoms with Crippen molar-refractivity contribution in [3.05, 3.63) is 74.5 Å². The van der Waals surface area contributed by atoms with Gasteiger partial charge in [-0.1, -0.05) is 72.4 Å². The number of halogens is 1. The number of hydrazone groups is 1. The molecule has 32 heavy (non-hydrogen) atoms. The third-order valence-corrected chi connectivity index (χ3v) is 5.17. The zero-order valence-corrected chi connectivity index (χ0v) is 19.4. The number of benzene rings is 2. The van der Waals surface area contributed by atoms with Gasteiger partial charge in [-0.3, -0.25) is 9.78 Å². The lowest BCUT2D eigenvalue weighted by molar-refractivity contribution is 0.304. The molecule has 0 radical (unpaired) electrons. The summed E-state index contributed by atoms with van der Waals surface area (Å²) >= 11 is 3.47. The molecule has 0 unspecified atom stereocenters. The Bertz CT molecular complexity index is 1170. The number of ether oxygens (including phenoxy) is 1. The van der Waals surface area contributed by atoms with E-state index in [9.17, 15) is 10.1 Å². The summed E-state index contributed by atoms with van der Waals surface area (Å²) in [6, 6.07) is 16.7.